The Morgan fingerprint density at radius 1 is 1.00 bits per heavy atom. The van der Waals surface area contributed by atoms with E-state index in [9.17, 15) is 14.4 Å². The molecule has 0 aliphatic carbocycles. The first-order valence-electron chi connectivity index (χ1n) is 9.92. The fourth-order valence-electron chi connectivity index (χ4n) is 3.28. The summed E-state index contributed by atoms with van der Waals surface area (Å²) >= 11 is 0. The van der Waals surface area contributed by atoms with Crippen LogP contribution in [0.25, 0.3) is 0 Å². The molecule has 0 fully saturated rings. The number of amides is 3. The Morgan fingerprint density at radius 2 is 1.63 bits per heavy atom. The zero-order valence-electron chi connectivity index (χ0n) is 17.5. The molecule has 1 atom stereocenters. The summed E-state index contributed by atoms with van der Waals surface area (Å²) in [6.45, 7) is 5.44. The van der Waals surface area contributed by atoms with Crippen LogP contribution in [-0.4, -0.2) is 41.0 Å². The fourth-order valence-corrected chi connectivity index (χ4v) is 3.28. The number of para-hydroxylation sites is 1. The third-order valence-electron chi connectivity index (χ3n) is 4.66. The quantitative estimate of drug-likeness (QED) is 0.812. The van der Waals surface area contributed by atoms with Gasteiger partial charge in [0.25, 0.3) is 0 Å². The second-order valence-corrected chi connectivity index (χ2v) is 8.23. The standard InChI is InChI=1S/C23H27N3O4/c1-23(2,3)30-22(29)26-15-17-10-8-7-9-16(17)13-19(26)21(28)24-14-20(27)25-18-11-5-4-6-12-18/h4-12,19H,13-15H2,1-3H3,(H,24,28)(H,25,27)/t19-/m0/s1. The normalized spacial score (nSPS) is 15.7. The van der Waals surface area contributed by atoms with E-state index in [4.69, 9.17) is 4.74 Å². The first-order valence-corrected chi connectivity index (χ1v) is 9.92. The highest BCUT2D eigenvalue weighted by Crippen LogP contribution is 2.25. The van der Waals surface area contributed by atoms with Gasteiger partial charge in [-0.05, 0) is 44.0 Å². The molecule has 3 rings (SSSR count). The third kappa shape index (κ3) is 5.59. The minimum atomic E-state index is -0.751. The van der Waals surface area contributed by atoms with Crippen molar-refractivity contribution in [2.24, 2.45) is 0 Å². The first-order chi connectivity index (χ1) is 14.2. The van der Waals surface area contributed by atoms with E-state index in [1.54, 1.807) is 32.9 Å². The Balaban J connectivity index is 1.69. The molecule has 2 aromatic carbocycles. The van der Waals surface area contributed by atoms with Gasteiger partial charge in [0.2, 0.25) is 11.8 Å². The van der Waals surface area contributed by atoms with Crippen LogP contribution in [0.3, 0.4) is 0 Å². The number of benzene rings is 2. The van der Waals surface area contributed by atoms with Crippen molar-refractivity contribution in [3.8, 4) is 0 Å². The molecular weight excluding hydrogens is 382 g/mol. The van der Waals surface area contributed by atoms with Crippen molar-refractivity contribution in [2.75, 3.05) is 11.9 Å². The number of hydrogen-bond donors (Lipinski definition) is 2. The minimum Gasteiger partial charge on any atom is -0.444 e. The summed E-state index contributed by atoms with van der Waals surface area (Å²) in [5.41, 5.74) is 1.96. The Labute approximate surface area is 176 Å². The largest absolute Gasteiger partial charge is 0.444 e. The van der Waals surface area contributed by atoms with E-state index >= 15 is 0 Å². The van der Waals surface area contributed by atoms with Gasteiger partial charge in [-0.25, -0.2) is 4.79 Å². The number of nitrogens with one attached hydrogen (secondary N) is 2. The lowest BCUT2D eigenvalue weighted by Gasteiger charge is -2.36. The van der Waals surface area contributed by atoms with Gasteiger partial charge in [0.05, 0.1) is 13.1 Å². The van der Waals surface area contributed by atoms with Gasteiger partial charge in [-0.3, -0.25) is 14.5 Å². The van der Waals surface area contributed by atoms with E-state index in [1.807, 2.05) is 42.5 Å². The topological polar surface area (TPSA) is 87.7 Å². The number of anilines is 1. The van der Waals surface area contributed by atoms with Gasteiger partial charge in [-0.1, -0.05) is 42.5 Å². The van der Waals surface area contributed by atoms with Crippen molar-refractivity contribution in [1.82, 2.24) is 10.2 Å². The highest BCUT2D eigenvalue weighted by Gasteiger charge is 2.36. The summed E-state index contributed by atoms with van der Waals surface area (Å²) in [5.74, 6) is -0.729. The molecule has 1 aliphatic heterocycles. The fraction of sp³-hybridized carbons (Fsp3) is 0.348. The van der Waals surface area contributed by atoms with Crippen LogP contribution in [0.4, 0.5) is 10.5 Å². The first kappa shape index (κ1) is 21.4. The van der Waals surface area contributed by atoms with Gasteiger partial charge in [0, 0.05) is 12.1 Å². The van der Waals surface area contributed by atoms with Gasteiger partial charge in [-0.15, -0.1) is 0 Å². The molecule has 7 heteroatoms. The molecular formula is C23H27N3O4. The van der Waals surface area contributed by atoms with E-state index in [2.05, 4.69) is 10.6 Å². The molecule has 0 unspecified atom stereocenters. The summed E-state index contributed by atoms with van der Waals surface area (Å²) < 4.78 is 5.50. The summed E-state index contributed by atoms with van der Waals surface area (Å²) in [6.07, 6.45) is -0.187. The summed E-state index contributed by atoms with van der Waals surface area (Å²) in [4.78, 5) is 39.3. The summed E-state index contributed by atoms with van der Waals surface area (Å²) in [6, 6.07) is 16.0. The van der Waals surface area contributed by atoms with Crippen LogP contribution in [-0.2, 0) is 27.3 Å². The molecule has 0 saturated heterocycles. The van der Waals surface area contributed by atoms with E-state index < -0.39 is 23.6 Å². The smallest absolute Gasteiger partial charge is 0.411 e. The molecule has 1 aliphatic rings. The van der Waals surface area contributed by atoms with Gasteiger partial charge in [0.15, 0.2) is 0 Å². The molecule has 7 nitrogen and oxygen atoms in total. The SMILES string of the molecule is CC(C)(C)OC(=O)N1Cc2ccccc2C[C@H]1C(=O)NCC(=O)Nc1ccccc1. The number of hydrogen-bond acceptors (Lipinski definition) is 4. The van der Waals surface area contributed by atoms with Crippen LogP contribution in [0.5, 0.6) is 0 Å². The predicted octanol–water partition coefficient (Wildman–Crippen LogP) is 3.10. The molecule has 0 radical (unpaired) electrons. The van der Waals surface area contributed by atoms with Gasteiger partial charge in [-0.2, -0.15) is 0 Å². The van der Waals surface area contributed by atoms with Gasteiger partial charge < -0.3 is 15.4 Å². The maximum Gasteiger partial charge on any atom is 0.411 e. The maximum atomic E-state index is 12.9. The number of ether oxygens (including phenoxy) is 1. The number of nitrogens with zero attached hydrogens (tertiary/aromatic N) is 1. The predicted molar refractivity (Wildman–Crippen MR) is 114 cm³/mol. The molecule has 0 bridgehead atoms. The van der Waals surface area contributed by atoms with Crippen LogP contribution in [0, 0.1) is 0 Å². The van der Waals surface area contributed by atoms with E-state index in [0.717, 1.165) is 11.1 Å². The van der Waals surface area contributed by atoms with Crippen LogP contribution in [0.1, 0.15) is 31.9 Å². The summed E-state index contributed by atoms with van der Waals surface area (Å²) in [5, 5.41) is 5.37. The average Bonchev–Trinajstić information content (AvgIpc) is 2.70. The van der Waals surface area contributed by atoms with Crippen LogP contribution in [0.15, 0.2) is 54.6 Å². The van der Waals surface area contributed by atoms with Crippen LogP contribution >= 0.6 is 0 Å². The van der Waals surface area contributed by atoms with Crippen molar-refractivity contribution in [1.29, 1.82) is 0 Å². The van der Waals surface area contributed by atoms with Gasteiger partial charge >= 0.3 is 6.09 Å². The highest BCUT2D eigenvalue weighted by atomic mass is 16.6. The number of rotatable bonds is 4. The monoisotopic (exact) mass is 409 g/mol. The molecule has 0 aromatic heterocycles. The van der Waals surface area contributed by atoms with Crippen molar-refractivity contribution in [2.45, 2.75) is 45.4 Å². The zero-order chi connectivity index (χ0) is 21.7. The molecule has 30 heavy (non-hydrogen) atoms. The Bertz CT molecular complexity index is 922. The number of fused-ring (bicyclic) bond motifs is 1. The van der Waals surface area contributed by atoms with E-state index in [1.165, 1.54) is 4.90 Å². The summed E-state index contributed by atoms with van der Waals surface area (Å²) in [7, 11) is 0. The van der Waals surface area contributed by atoms with Crippen LogP contribution < -0.4 is 10.6 Å². The Morgan fingerprint density at radius 3 is 2.30 bits per heavy atom. The Kier molecular flexibility index (Phi) is 6.40. The second kappa shape index (κ2) is 8.98. The molecule has 158 valence electrons. The molecule has 0 saturated carbocycles. The number of carbonyl (C=O) groups excluding carboxylic acids is 3. The minimum absolute atomic E-state index is 0.186. The average molecular weight is 409 g/mol. The van der Waals surface area contributed by atoms with Crippen molar-refractivity contribution >= 4 is 23.6 Å². The second-order valence-electron chi connectivity index (χ2n) is 8.23. The van der Waals surface area contributed by atoms with Crippen LogP contribution in [0.2, 0.25) is 0 Å². The third-order valence-corrected chi connectivity index (χ3v) is 4.66. The number of carbonyl (C=O) groups is 3. The molecule has 2 N–H and O–H groups in total. The van der Waals surface area contributed by atoms with Crippen molar-refractivity contribution < 1.29 is 19.1 Å². The van der Waals surface area contributed by atoms with E-state index in [0.29, 0.717) is 12.1 Å². The lowest BCUT2D eigenvalue weighted by Crippen LogP contribution is -2.54. The molecule has 3 amide bonds. The zero-order valence-corrected chi connectivity index (χ0v) is 17.5. The molecule has 2 aromatic rings. The lowest BCUT2D eigenvalue weighted by molar-refractivity contribution is -0.128. The molecule has 1 heterocycles. The Hall–Kier alpha value is -3.35. The molecule has 0 spiro atoms. The highest BCUT2D eigenvalue weighted by molar-refractivity contribution is 5.96. The lowest BCUT2D eigenvalue weighted by atomic mass is 9.94. The van der Waals surface area contributed by atoms with Gasteiger partial charge in [0.1, 0.15) is 11.6 Å². The van der Waals surface area contributed by atoms with Crippen molar-refractivity contribution in [3.05, 3.63) is 65.7 Å². The van der Waals surface area contributed by atoms with E-state index in [-0.39, 0.29) is 19.0 Å². The van der Waals surface area contributed by atoms with Crippen molar-refractivity contribution in [3.63, 3.8) is 0 Å². The maximum absolute atomic E-state index is 12.9.